The van der Waals surface area contributed by atoms with Gasteiger partial charge in [-0.15, -0.1) is 11.3 Å². The molecule has 22 heavy (non-hydrogen) atoms. The minimum Gasteiger partial charge on any atom is -0.424 e. The van der Waals surface area contributed by atoms with Crippen molar-refractivity contribution in [1.29, 1.82) is 0 Å². The van der Waals surface area contributed by atoms with Crippen LogP contribution in [0.15, 0.2) is 34.1 Å². The highest BCUT2D eigenvalue weighted by atomic mass is 32.1. The van der Waals surface area contributed by atoms with Crippen LogP contribution >= 0.6 is 11.3 Å². The Labute approximate surface area is 132 Å². The summed E-state index contributed by atoms with van der Waals surface area (Å²) < 4.78 is 10.8. The van der Waals surface area contributed by atoms with Crippen LogP contribution in [-0.4, -0.2) is 36.7 Å². The van der Waals surface area contributed by atoms with Crippen LogP contribution in [0.3, 0.4) is 0 Å². The van der Waals surface area contributed by atoms with Gasteiger partial charge in [0.25, 0.3) is 5.95 Å². The zero-order chi connectivity index (χ0) is 14.9. The molecule has 3 aliphatic heterocycles. The van der Waals surface area contributed by atoms with Crippen molar-refractivity contribution < 1.29 is 13.9 Å². The first kappa shape index (κ1) is 13.8. The van der Waals surface area contributed by atoms with Gasteiger partial charge in [-0.1, -0.05) is 6.07 Å². The van der Waals surface area contributed by atoms with Crippen molar-refractivity contribution >= 4 is 17.4 Å². The monoisotopic (exact) mass is 318 g/mol. The number of carbonyl (C=O) groups is 1. The SMILES string of the molecule is O=C(N[C@H]1CN2CCC1CC2)Oc1ccc(-c2cccs2)o1. The van der Waals surface area contributed by atoms with Crippen molar-refractivity contribution in [3.63, 3.8) is 0 Å². The smallest absolute Gasteiger partial charge is 0.415 e. The fourth-order valence-electron chi connectivity index (χ4n) is 3.33. The van der Waals surface area contributed by atoms with Crippen LogP contribution in [0, 0.1) is 5.92 Å². The molecular formula is C16H18N2O3S. The maximum absolute atomic E-state index is 12.0. The van der Waals surface area contributed by atoms with Gasteiger partial charge in [0.2, 0.25) is 0 Å². The van der Waals surface area contributed by atoms with Crippen molar-refractivity contribution in [3.8, 4) is 16.6 Å². The Kier molecular flexibility index (Phi) is 3.63. The largest absolute Gasteiger partial charge is 0.424 e. The number of furan rings is 1. The molecule has 0 spiro atoms. The van der Waals surface area contributed by atoms with Gasteiger partial charge in [-0.25, -0.2) is 4.79 Å². The third kappa shape index (κ3) is 2.76. The molecular weight excluding hydrogens is 300 g/mol. The van der Waals surface area contributed by atoms with Gasteiger partial charge in [0.1, 0.15) is 5.76 Å². The number of nitrogens with one attached hydrogen (secondary N) is 1. The molecule has 0 aromatic carbocycles. The molecule has 3 aliphatic rings. The normalized spacial score (nSPS) is 26.8. The molecule has 1 atom stereocenters. The summed E-state index contributed by atoms with van der Waals surface area (Å²) in [6.07, 6.45) is 1.90. The van der Waals surface area contributed by atoms with Crippen LogP contribution in [0.5, 0.6) is 5.95 Å². The van der Waals surface area contributed by atoms with E-state index in [1.165, 1.54) is 0 Å². The van der Waals surface area contributed by atoms with Gasteiger partial charge in [0.15, 0.2) is 0 Å². The molecule has 6 heteroatoms. The molecule has 0 radical (unpaired) electrons. The average Bonchev–Trinajstić information content (AvgIpc) is 3.19. The standard InChI is InChI=1S/C16H18N2O3S/c19-16(17-12-10-18-7-5-11(12)6-8-18)21-15-4-3-13(20-15)14-2-1-9-22-14/h1-4,9,11-12H,5-8,10H2,(H,17,19)/t12-/m0/s1. The molecule has 2 aromatic rings. The van der Waals surface area contributed by atoms with E-state index in [1.807, 2.05) is 23.6 Å². The summed E-state index contributed by atoms with van der Waals surface area (Å²) in [5, 5.41) is 4.97. The highest BCUT2D eigenvalue weighted by molar-refractivity contribution is 7.13. The predicted molar refractivity (Wildman–Crippen MR) is 84.1 cm³/mol. The number of rotatable bonds is 3. The second-order valence-corrected chi connectivity index (χ2v) is 6.82. The summed E-state index contributed by atoms with van der Waals surface area (Å²) in [5.74, 6) is 1.54. The first-order valence-electron chi connectivity index (χ1n) is 7.62. The Balaban J connectivity index is 1.36. The number of piperidine rings is 3. The van der Waals surface area contributed by atoms with E-state index in [0.29, 0.717) is 5.92 Å². The molecule has 2 bridgehead atoms. The lowest BCUT2D eigenvalue weighted by Gasteiger charge is -2.44. The minimum absolute atomic E-state index is 0.196. The number of fused-ring (bicyclic) bond motifs is 3. The van der Waals surface area contributed by atoms with Gasteiger partial charge in [0, 0.05) is 18.7 Å². The van der Waals surface area contributed by atoms with E-state index in [1.54, 1.807) is 17.4 Å². The summed E-state index contributed by atoms with van der Waals surface area (Å²) in [4.78, 5) is 15.5. The zero-order valence-electron chi connectivity index (χ0n) is 12.2. The quantitative estimate of drug-likeness (QED) is 0.944. The lowest BCUT2D eigenvalue weighted by molar-refractivity contribution is 0.0715. The molecule has 0 saturated carbocycles. The van der Waals surface area contributed by atoms with E-state index in [9.17, 15) is 4.79 Å². The van der Waals surface area contributed by atoms with E-state index in [4.69, 9.17) is 9.15 Å². The average molecular weight is 318 g/mol. The molecule has 3 fully saturated rings. The number of carbonyl (C=O) groups excluding carboxylic acids is 1. The summed E-state index contributed by atoms with van der Waals surface area (Å²) >= 11 is 1.59. The first-order valence-corrected chi connectivity index (χ1v) is 8.50. The second kappa shape index (κ2) is 5.78. The molecule has 1 N–H and O–H groups in total. The molecule has 5 nitrogen and oxygen atoms in total. The number of ether oxygens (including phenoxy) is 1. The molecule has 3 saturated heterocycles. The van der Waals surface area contributed by atoms with E-state index < -0.39 is 6.09 Å². The van der Waals surface area contributed by atoms with Crippen LogP contribution in [-0.2, 0) is 0 Å². The molecule has 2 aromatic heterocycles. The highest BCUT2D eigenvalue weighted by Crippen LogP contribution is 2.30. The Bertz CT molecular complexity index is 644. The lowest BCUT2D eigenvalue weighted by atomic mass is 9.84. The van der Waals surface area contributed by atoms with E-state index >= 15 is 0 Å². The van der Waals surface area contributed by atoms with Gasteiger partial charge >= 0.3 is 6.09 Å². The molecule has 5 heterocycles. The molecule has 0 aliphatic carbocycles. The number of amides is 1. The molecule has 1 amide bonds. The van der Waals surface area contributed by atoms with Crippen molar-refractivity contribution in [2.75, 3.05) is 19.6 Å². The van der Waals surface area contributed by atoms with E-state index in [-0.39, 0.29) is 12.0 Å². The van der Waals surface area contributed by atoms with Gasteiger partial charge in [0.05, 0.1) is 4.88 Å². The van der Waals surface area contributed by atoms with Crippen LogP contribution in [0.1, 0.15) is 12.8 Å². The van der Waals surface area contributed by atoms with Gasteiger partial charge < -0.3 is 19.4 Å². The first-order chi connectivity index (χ1) is 10.8. The number of hydrogen-bond acceptors (Lipinski definition) is 5. The Morgan fingerprint density at radius 2 is 2.18 bits per heavy atom. The topological polar surface area (TPSA) is 54.7 Å². The van der Waals surface area contributed by atoms with Crippen molar-refractivity contribution in [1.82, 2.24) is 10.2 Å². The molecule has 116 valence electrons. The maximum Gasteiger partial charge on any atom is 0.415 e. The van der Waals surface area contributed by atoms with Gasteiger partial charge in [-0.05, 0) is 49.4 Å². The zero-order valence-corrected chi connectivity index (χ0v) is 13.0. The van der Waals surface area contributed by atoms with Crippen LogP contribution in [0.25, 0.3) is 10.6 Å². The van der Waals surface area contributed by atoms with Crippen LogP contribution in [0.4, 0.5) is 4.79 Å². The Morgan fingerprint density at radius 3 is 2.86 bits per heavy atom. The van der Waals surface area contributed by atoms with Crippen molar-refractivity contribution in [2.24, 2.45) is 5.92 Å². The second-order valence-electron chi connectivity index (χ2n) is 5.87. The summed E-state index contributed by atoms with van der Waals surface area (Å²) in [6.45, 7) is 3.23. The Morgan fingerprint density at radius 1 is 1.32 bits per heavy atom. The predicted octanol–water partition coefficient (Wildman–Crippen LogP) is 3.19. The maximum atomic E-state index is 12.0. The third-order valence-electron chi connectivity index (χ3n) is 4.50. The summed E-state index contributed by atoms with van der Waals surface area (Å²) in [7, 11) is 0. The number of nitrogens with zero attached hydrogens (tertiary/aromatic N) is 1. The van der Waals surface area contributed by atoms with Crippen LogP contribution in [0.2, 0.25) is 0 Å². The minimum atomic E-state index is -0.425. The highest BCUT2D eigenvalue weighted by Gasteiger charge is 2.35. The van der Waals surface area contributed by atoms with Gasteiger partial charge in [-0.2, -0.15) is 0 Å². The third-order valence-corrected chi connectivity index (χ3v) is 5.38. The molecule has 0 unspecified atom stereocenters. The number of thiophene rings is 1. The van der Waals surface area contributed by atoms with E-state index in [2.05, 4.69) is 10.2 Å². The summed E-state index contributed by atoms with van der Waals surface area (Å²) in [5.41, 5.74) is 0. The van der Waals surface area contributed by atoms with Gasteiger partial charge in [-0.3, -0.25) is 0 Å². The van der Waals surface area contributed by atoms with E-state index in [0.717, 1.165) is 43.1 Å². The van der Waals surface area contributed by atoms with Crippen LogP contribution < -0.4 is 10.1 Å². The summed E-state index contributed by atoms with van der Waals surface area (Å²) in [6, 6.07) is 7.64. The fraction of sp³-hybridized carbons (Fsp3) is 0.438. The lowest BCUT2D eigenvalue weighted by Crippen LogP contribution is -2.57. The van der Waals surface area contributed by atoms with Crippen molar-refractivity contribution in [2.45, 2.75) is 18.9 Å². The van der Waals surface area contributed by atoms with Crippen molar-refractivity contribution in [3.05, 3.63) is 29.6 Å². The fourth-order valence-corrected chi connectivity index (χ4v) is 4.01. The Hall–Kier alpha value is -1.79. The number of hydrogen-bond donors (Lipinski definition) is 1. The molecule has 5 rings (SSSR count).